The average Bonchev–Trinajstić information content (AvgIpc) is 1.89. The Morgan fingerprint density at radius 1 is 1.67 bits per heavy atom. The Bertz CT molecular complexity index is 132. The van der Waals surface area contributed by atoms with E-state index in [4.69, 9.17) is 0 Å². The predicted molar refractivity (Wildman–Crippen MR) is 42.7 cm³/mol. The number of aliphatic imine (C=N–C) groups is 1. The van der Waals surface area contributed by atoms with Crippen LogP contribution in [0.15, 0.2) is 29.4 Å². The molecule has 1 heteroatoms. The van der Waals surface area contributed by atoms with Gasteiger partial charge in [-0.05, 0) is 13.3 Å². The summed E-state index contributed by atoms with van der Waals surface area (Å²) in [4.78, 5) is 3.96. The normalized spacial score (nSPS) is 12.4. The van der Waals surface area contributed by atoms with E-state index < -0.39 is 0 Å². The summed E-state index contributed by atoms with van der Waals surface area (Å²) in [5.74, 6) is 0. The average molecular weight is 123 g/mol. The van der Waals surface area contributed by atoms with E-state index in [-0.39, 0.29) is 0 Å². The minimum absolute atomic E-state index is 1.06. The van der Waals surface area contributed by atoms with Crippen LogP contribution in [0.5, 0.6) is 0 Å². The van der Waals surface area contributed by atoms with Gasteiger partial charge in [-0.2, -0.15) is 0 Å². The molecule has 0 aliphatic rings. The van der Waals surface area contributed by atoms with Gasteiger partial charge in [0.05, 0.1) is 0 Å². The molecule has 0 N–H and O–H groups in total. The Balaban J connectivity index is 3.67. The molecule has 0 fully saturated rings. The molecule has 0 amide bonds. The summed E-state index contributed by atoms with van der Waals surface area (Å²) in [5.41, 5.74) is 1.29. The minimum Gasteiger partial charge on any atom is -0.265 e. The highest BCUT2D eigenvalue weighted by molar-refractivity contribution is 5.70. The van der Waals surface area contributed by atoms with Crippen LogP contribution in [-0.2, 0) is 0 Å². The van der Waals surface area contributed by atoms with E-state index in [9.17, 15) is 0 Å². The number of hydrogen-bond acceptors (Lipinski definition) is 1. The number of allylic oxidation sites excluding steroid dienone is 2. The molecule has 0 heterocycles. The predicted octanol–water partition coefficient (Wildman–Crippen LogP) is 2.56. The van der Waals surface area contributed by atoms with E-state index in [1.165, 1.54) is 5.57 Å². The second-order valence-corrected chi connectivity index (χ2v) is 1.86. The van der Waals surface area contributed by atoms with Crippen molar-refractivity contribution in [3.05, 3.63) is 24.4 Å². The first-order chi connectivity index (χ1) is 4.31. The Morgan fingerprint density at radius 2 is 2.33 bits per heavy atom. The van der Waals surface area contributed by atoms with E-state index in [0.717, 1.165) is 6.42 Å². The first-order valence-corrected chi connectivity index (χ1v) is 3.11. The first-order valence-electron chi connectivity index (χ1n) is 3.11. The van der Waals surface area contributed by atoms with Crippen molar-refractivity contribution in [2.45, 2.75) is 20.3 Å². The lowest BCUT2D eigenvalue weighted by atomic mass is 10.3. The molecule has 0 atom stereocenters. The number of rotatable bonds is 3. The van der Waals surface area contributed by atoms with E-state index in [1.807, 2.05) is 6.20 Å². The molecule has 0 unspecified atom stereocenters. The molecule has 0 aromatic rings. The highest BCUT2D eigenvalue weighted by atomic mass is 14.7. The van der Waals surface area contributed by atoms with Crippen molar-refractivity contribution < 1.29 is 0 Å². The van der Waals surface area contributed by atoms with Crippen LogP contribution in [0, 0.1) is 0 Å². The van der Waals surface area contributed by atoms with Gasteiger partial charge in [-0.1, -0.05) is 25.2 Å². The fraction of sp³-hybridized carbons (Fsp3) is 0.375. The third-order valence-corrected chi connectivity index (χ3v) is 1.04. The summed E-state index contributed by atoms with van der Waals surface area (Å²) in [6.07, 6.45) is 6.26. The molecule has 0 saturated carbocycles. The van der Waals surface area contributed by atoms with E-state index in [1.54, 1.807) is 12.3 Å². The third-order valence-electron chi connectivity index (χ3n) is 1.04. The molecule has 50 valence electrons. The molecule has 0 rings (SSSR count). The van der Waals surface area contributed by atoms with Crippen molar-refractivity contribution in [3.63, 3.8) is 0 Å². The van der Waals surface area contributed by atoms with E-state index in [2.05, 4.69) is 25.4 Å². The van der Waals surface area contributed by atoms with Gasteiger partial charge in [0.15, 0.2) is 0 Å². The van der Waals surface area contributed by atoms with Crippen molar-refractivity contribution in [3.8, 4) is 0 Å². The SMILES string of the molecule is C=C/C=N\C=C(\C)CC. The standard InChI is InChI=1S/C8H13N/c1-4-6-9-7-8(3)5-2/h4,6-7H,1,5H2,2-3H3/b8-7-,9-6-. The van der Waals surface area contributed by atoms with Gasteiger partial charge in [-0.25, -0.2) is 0 Å². The molecule has 0 saturated heterocycles. The lowest BCUT2D eigenvalue weighted by molar-refractivity contribution is 1.09. The van der Waals surface area contributed by atoms with Crippen molar-refractivity contribution in [1.29, 1.82) is 0 Å². The monoisotopic (exact) mass is 123 g/mol. The highest BCUT2D eigenvalue weighted by Crippen LogP contribution is 1.96. The molecule has 0 aliphatic heterocycles. The molecule has 0 bridgehead atoms. The first kappa shape index (κ1) is 8.15. The Labute approximate surface area is 56.8 Å². The van der Waals surface area contributed by atoms with Crippen LogP contribution in [0.2, 0.25) is 0 Å². The largest absolute Gasteiger partial charge is 0.265 e. The summed E-state index contributed by atoms with van der Waals surface area (Å²) >= 11 is 0. The van der Waals surface area contributed by atoms with E-state index in [0.29, 0.717) is 0 Å². The van der Waals surface area contributed by atoms with Crippen molar-refractivity contribution in [2.24, 2.45) is 4.99 Å². The quantitative estimate of drug-likeness (QED) is 0.511. The van der Waals surface area contributed by atoms with Gasteiger partial charge >= 0.3 is 0 Å². The van der Waals surface area contributed by atoms with Gasteiger partial charge in [0, 0.05) is 12.4 Å². The molecule has 0 aliphatic carbocycles. The maximum absolute atomic E-state index is 3.96. The zero-order valence-corrected chi connectivity index (χ0v) is 6.09. The van der Waals surface area contributed by atoms with Gasteiger partial charge in [0.1, 0.15) is 0 Å². The minimum atomic E-state index is 1.06. The lowest BCUT2D eigenvalue weighted by Crippen LogP contribution is -1.68. The molecular formula is C8H13N. The van der Waals surface area contributed by atoms with Crippen LogP contribution in [0.3, 0.4) is 0 Å². The lowest BCUT2D eigenvalue weighted by Gasteiger charge is -1.86. The van der Waals surface area contributed by atoms with Crippen LogP contribution in [-0.4, -0.2) is 6.21 Å². The molecular weight excluding hydrogens is 110 g/mol. The third kappa shape index (κ3) is 5.01. The second-order valence-electron chi connectivity index (χ2n) is 1.86. The summed E-state index contributed by atoms with van der Waals surface area (Å²) in [5, 5.41) is 0. The smallest absolute Gasteiger partial charge is 0.0261 e. The van der Waals surface area contributed by atoms with Crippen LogP contribution < -0.4 is 0 Å². The summed E-state index contributed by atoms with van der Waals surface area (Å²) < 4.78 is 0. The number of hydrogen-bond donors (Lipinski definition) is 0. The Kier molecular flexibility index (Phi) is 4.79. The fourth-order valence-corrected chi connectivity index (χ4v) is 0.322. The summed E-state index contributed by atoms with van der Waals surface area (Å²) in [7, 11) is 0. The molecule has 0 aromatic carbocycles. The van der Waals surface area contributed by atoms with Gasteiger partial charge in [0.2, 0.25) is 0 Å². The zero-order valence-electron chi connectivity index (χ0n) is 6.09. The van der Waals surface area contributed by atoms with Crippen LogP contribution >= 0.6 is 0 Å². The molecule has 0 radical (unpaired) electrons. The fourth-order valence-electron chi connectivity index (χ4n) is 0.322. The van der Waals surface area contributed by atoms with Gasteiger partial charge in [0.25, 0.3) is 0 Å². The van der Waals surface area contributed by atoms with Crippen LogP contribution in [0.1, 0.15) is 20.3 Å². The Hall–Kier alpha value is -0.850. The zero-order chi connectivity index (χ0) is 7.11. The highest BCUT2D eigenvalue weighted by Gasteiger charge is 1.76. The number of nitrogens with zero attached hydrogens (tertiary/aromatic N) is 1. The molecule has 9 heavy (non-hydrogen) atoms. The van der Waals surface area contributed by atoms with Gasteiger partial charge in [-0.3, -0.25) is 4.99 Å². The Morgan fingerprint density at radius 3 is 2.78 bits per heavy atom. The summed E-state index contributed by atoms with van der Waals surface area (Å²) in [6.45, 7) is 7.67. The maximum atomic E-state index is 3.96. The van der Waals surface area contributed by atoms with Gasteiger partial charge in [-0.15, -0.1) is 0 Å². The molecule has 0 spiro atoms. The maximum Gasteiger partial charge on any atom is 0.0261 e. The van der Waals surface area contributed by atoms with Gasteiger partial charge < -0.3 is 0 Å². The van der Waals surface area contributed by atoms with Crippen molar-refractivity contribution in [2.75, 3.05) is 0 Å². The van der Waals surface area contributed by atoms with Crippen LogP contribution in [0.25, 0.3) is 0 Å². The van der Waals surface area contributed by atoms with Crippen molar-refractivity contribution >= 4 is 6.21 Å². The van der Waals surface area contributed by atoms with Crippen molar-refractivity contribution in [1.82, 2.24) is 0 Å². The molecule has 0 aromatic heterocycles. The molecule has 1 nitrogen and oxygen atoms in total. The summed E-state index contributed by atoms with van der Waals surface area (Å²) in [6, 6.07) is 0. The second kappa shape index (κ2) is 5.29. The van der Waals surface area contributed by atoms with E-state index >= 15 is 0 Å². The topological polar surface area (TPSA) is 12.4 Å². The van der Waals surface area contributed by atoms with Crippen LogP contribution in [0.4, 0.5) is 0 Å².